The van der Waals surface area contributed by atoms with Gasteiger partial charge in [0, 0.05) is 22.8 Å². The minimum Gasteiger partial charge on any atom is -0.495 e. The number of aromatic nitrogens is 4. The number of amides is 1. The normalized spacial score (nSPS) is 12.0. The zero-order valence-electron chi connectivity index (χ0n) is 21.1. The van der Waals surface area contributed by atoms with Gasteiger partial charge in [-0.2, -0.15) is 5.10 Å². The molecule has 2 aromatic carbocycles. The Morgan fingerprint density at radius 1 is 1.11 bits per heavy atom. The van der Waals surface area contributed by atoms with Crippen molar-refractivity contribution in [2.75, 3.05) is 12.4 Å². The van der Waals surface area contributed by atoms with E-state index in [4.69, 9.17) is 9.72 Å². The maximum absolute atomic E-state index is 13.2. The highest BCUT2D eigenvalue weighted by Crippen LogP contribution is 2.34. The van der Waals surface area contributed by atoms with Crippen LogP contribution in [0.25, 0.3) is 11.4 Å². The van der Waals surface area contributed by atoms with Crippen molar-refractivity contribution in [1.82, 2.24) is 25.5 Å². The predicted octanol–water partition coefficient (Wildman–Crippen LogP) is 5.53. The fraction of sp³-hybridized carbons (Fsp3) is 0.286. The van der Waals surface area contributed by atoms with Crippen molar-refractivity contribution < 1.29 is 9.53 Å². The van der Waals surface area contributed by atoms with E-state index in [9.17, 15) is 4.79 Å². The monoisotopic (exact) mass is 560 g/mol. The van der Waals surface area contributed by atoms with Crippen LogP contribution in [0.15, 0.2) is 47.1 Å². The summed E-state index contributed by atoms with van der Waals surface area (Å²) >= 11 is 3.46. The predicted molar refractivity (Wildman–Crippen MR) is 147 cm³/mol. The van der Waals surface area contributed by atoms with Crippen LogP contribution in [0.2, 0.25) is 0 Å². The number of ether oxygens (including phenoxy) is 1. The van der Waals surface area contributed by atoms with Crippen molar-refractivity contribution in [3.8, 4) is 17.1 Å². The van der Waals surface area contributed by atoms with Crippen LogP contribution >= 0.6 is 15.9 Å². The van der Waals surface area contributed by atoms with Crippen LogP contribution in [-0.2, 0) is 32.2 Å². The van der Waals surface area contributed by atoms with Gasteiger partial charge in [-0.1, -0.05) is 48.0 Å². The number of aryl methyl sites for hydroxylation is 3. The van der Waals surface area contributed by atoms with Gasteiger partial charge in [-0.05, 0) is 66.1 Å². The van der Waals surface area contributed by atoms with Gasteiger partial charge in [-0.25, -0.2) is 9.97 Å². The van der Waals surface area contributed by atoms with Gasteiger partial charge >= 0.3 is 0 Å². The topological polar surface area (TPSA) is 105 Å². The lowest BCUT2D eigenvalue weighted by atomic mass is 9.93. The highest BCUT2D eigenvalue weighted by molar-refractivity contribution is 9.10. The summed E-state index contributed by atoms with van der Waals surface area (Å²) in [6.07, 6.45) is 5.11. The average molecular weight is 561 g/mol. The number of carbonyl (C=O) groups is 1. The number of fused-ring (bicyclic) bond motifs is 3. The van der Waals surface area contributed by atoms with Gasteiger partial charge in [-0.15, -0.1) is 0 Å². The first-order chi connectivity index (χ1) is 18.0. The number of methoxy groups -OCH3 is 1. The van der Waals surface area contributed by atoms with Gasteiger partial charge in [-0.3, -0.25) is 9.89 Å². The van der Waals surface area contributed by atoms with E-state index in [0.717, 1.165) is 46.2 Å². The van der Waals surface area contributed by atoms with Gasteiger partial charge in [0.1, 0.15) is 17.1 Å². The lowest BCUT2D eigenvalue weighted by Crippen LogP contribution is -2.26. The number of hydrogen-bond acceptors (Lipinski definition) is 6. The van der Waals surface area contributed by atoms with Crippen molar-refractivity contribution in [2.45, 2.75) is 46.1 Å². The molecule has 2 heterocycles. The van der Waals surface area contributed by atoms with Gasteiger partial charge in [0.15, 0.2) is 0 Å². The van der Waals surface area contributed by atoms with E-state index < -0.39 is 0 Å². The molecular weight excluding hydrogens is 532 g/mol. The van der Waals surface area contributed by atoms with Crippen molar-refractivity contribution in [2.24, 2.45) is 0 Å². The molecule has 0 unspecified atom stereocenters. The van der Waals surface area contributed by atoms with E-state index >= 15 is 0 Å². The number of nitrogens with one attached hydrogen (secondary N) is 3. The molecule has 0 spiro atoms. The molecule has 2 aromatic heterocycles. The van der Waals surface area contributed by atoms with E-state index in [1.54, 1.807) is 7.11 Å². The Bertz CT molecular complexity index is 1440. The van der Waals surface area contributed by atoms with Crippen LogP contribution in [0.4, 0.5) is 11.6 Å². The Morgan fingerprint density at radius 2 is 1.89 bits per heavy atom. The van der Waals surface area contributed by atoms with Gasteiger partial charge in [0.05, 0.1) is 18.5 Å². The summed E-state index contributed by atoms with van der Waals surface area (Å²) in [6.45, 7) is 4.77. The molecule has 1 amide bonds. The van der Waals surface area contributed by atoms with Crippen LogP contribution in [0, 0.1) is 0 Å². The first-order valence-electron chi connectivity index (χ1n) is 12.4. The Balaban J connectivity index is 1.39. The lowest BCUT2D eigenvalue weighted by Gasteiger charge is -2.17. The standard InChI is InChI=1S/C28H29BrN6O2/c1-4-16-7-6-8-17(5-2)21(16)15-30-27(36)26-20-11-9-18-14-31-28(33-24(18)25(20)34-35-26)32-22-12-10-19(29)13-23(22)37-3/h6-8,10,12-14H,4-5,9,11,15H2,1-3H3,(H,30,36)(H,34,35)(H,31,32,33). The van der Waals surface area contributed by atoms with E-state index in [2.05, 4.69) is 73.8 Å². The third-order valence-electron chi connectivity index (χ3n) is 6.80. The molecule has 0 saturated carbocycles. The van der Waals surface area contributed by atoms with E-state index in [-0.39, 0.29) is 5.91 Å². The molecular formula is C28H29BrN6O2. The number of hydrogen-bond donors (Lipinski definition) is 3. The Labute approximate surface area is 224 Å². The summed E-state index contributed by atoms with van der Waals surface area (Å²) < 4.78 is 6.39. The summed E-state index contributed by atoms with van der Waals surface area (Å²) in [5.74, 6) is 0.952. The van der Waals surface area contributed by atoms with Crippen molar-refractivity contribution in [1.29, 1.82) is 0 Å². The van der Waals surface area contributed by atoms with Crippen molar-refractivity contribution in [3.63, 3.8) is 0 Å². The molecule has 1 aliphatic carbocycles. The number of benzene rings is 2. The molecule has 0 fully saturated rings. The number of H-pyrrole nitrogens is 1. The molecule has 0 bridgehead atoms. The Morgan fingerprint density at radius 3 is 2.62 bits per heavy atom. The van der Waals surface area contributed by atoms with Crippen LogP contribution in [0.3, 0.4) is 0 Å². The number of anilines is 2. The number of carbonyl (C=O) groups excluding carboxylic acids is 1. The number of rotatable bonds is 8. The van der Waals surface area contributed by atoms with Crippen LogP contribution in [-0.4, -0.2) is 33.2 Å². The fourth-order valence-electron chi connectivity index (χ4n) is 4.83. The summed E-state index contributed by atoms with van der Waals surface area (Å²) in [4.78, 5) is 22.5. The van der Waals surface area contributed by atoms with Crippen molar-refractivity contribution >= 4 is 33.5 Å². The Kier molecular flexibility index (Phi) is 7.23. The molecule has 0 aliphatic heterocycles. The molecule has 4 aromatic rings. The van der Waals surface area contributed by atoms with E-state index in [1.165, 1.54) is 16.7 Å². The van der Waals surface area contributed by atoms with Gasteiger partial charge in [0.25, 0.3) is 5.91 Å². The minimum absolute atomic E-state index is 0.155. The van der Waals surface area contributed by atoms with E-state index in [0.29, 0.717) is 36.1 Å². The highest BCUT2D eigenvalue weighted by atomic mass is 79.9. The van der Waals surface area contributed by atoms with Crippen LogP contribution in [0.1, 0.15) is 52.2 Å². The highest BCUT2D eigenvalue weighted by Gasteiger charge is 2.27. The smallest absolute Gasteiger partial charge is 0.269 e. The second-order valence-corrected chi connectivity index (χ2v) is 9.82. The van der Waals surface area contributed by atoms with E-state index in [1.807, 2.05) is 24.4 Å². The summed E-state index contributed by atoms with van der Waals surface area (Å²) in [5.41, 5.74) is 8.29. The molecule has 9 heteroatoms. The molecule has 1 aliphatic rings. The average Bonchev–Trinajstić information content (AvgIpc) is 3.37. The maximum Gasteiger partial charge on any atom is 0.269 e. The quantitative estimate of drug-likeness (QED) is 0.261. The fourth-order valence-corrected chi connectivity index (χ4v) is 5.17. The maximum atomic E-state index is 13.2. The summed E-state index contributed by atoms with van der Waals surface area (Å²) in [7, 11) is 1.62. The molecule has 0 saturated heterocycles. The van der Waals surface area contributed by atoms with Crippen LogP contribution < -0.4 is 15.4 Å². The molecule has 8 nitrogen and oxygen atoms in total. The molecule has 0 radical (unpaired) electrons. The second kappa shape index (κ2) is 10.7. The molecule has 5 rings (SSSR count). The zero-order valence-corrected chi connectivity index (χ0v) is 22.7. The van der Waals surface area contributed by atoms with Gasteiger partial charge in [0.2, 0.25) is 5.95 Å². The molecule has 0 atom stereocenters. The largest absolute Gasteiger partial charge is 0.495 e. The first kappa shape index (κ1) is 25.0. The minimum atomic E-state index is -0.155. The zero-order chi connectivity index (χ0) is 25.9. The number of halogens is 1. The van der Waals surface area contributed by atoms with Gasteiger partial charge < -0.3 is 15.4 Å². The third-order valence-corrected chi connectivity index (χ3v) is 7.29. The number of nitrogens with zero attached hydrogens (tertiary/aromatic N) is 3. The Hall–Kier alpha value is -3.72. The number of aromatic amines is 1. The third kappa shape index (κ3) is 4.96. The lowest BCUT2D eigenvalue weighted by molar-refractivity contribution is 0.0944. The molecule has 3 N–H and O–H groups in total. The summed E-state index contributed by atoms with van der Waals surface area (Å²) in [6, 6.07) is 12.0. The van der Waals surface area contributed by atoms with Crippen molar-refractivity contribution in [3.05, 3.63) is 80.6 Å². The second-order valence-electron chi connectivity index (χ2n) is 8.91. The summed E-state index contributed by atoms with van der Waals surface area (Å²) in [5, 5.41) is 13.8. The first-order valence-corrected chi connectivity index (χ1v) is 13.2. The molecule has 190 valence electrons. The SMILES string of the molecule is CCc1cccc(CC)c1CNC(=O)c1[nH]nc2c1CCc1cnc(Nc3ccc(Br)cc3OC)nc1-2. The molecule has 37 heavy (non-hydrogen) atoms. The van der Waals surface area contributed by atoms with Crippen LogP contribution in [0.5, 0.6) is 5.75 Å².